The Morgan fingerprint density at radius 1 is 1.22 bits per heavy atom. The van der Waals surface area contributed by atoms with Crippen LogP contribution in [-0.2, 0) is 4.79 Å². The molecule has 0 spiro atoms. The average molecular weight is 485 g/mol. The third kappa shape index (κ3) is 6.66. The molecular weight excluding hydrogens is 467 g/mol. The molecule has 0 aliphatic carbocycles. The number of amides is 1. The normalized spacial score (nSPS) is 18.9. The number of rotatable bonds is 8. The lowest BCUT2D eigenvalue weighted by atomic mass is 10.0. The number of nitrogens with one attached hydrogen (secondary N) is 2. The van der Waals surface area contributed by atoms with Crippen molar-refractivity contribution in [1.82, 2.24) is 20.8 Å². The van der Waals surface area contributed by atoms with E-state index in [1.807, 2.05) is 0 Å². The van der Waals surface area contributed by atoms with E-state index in [9.17, 15) is 26.7 Å². The minimum Gasteiger partial charge on any atom is -0.481 e. The summed E-state index contributed by atoms with van der Waals surface area (Å²) >= 11 is 5.45. The van der Waals surface area contributed by atoms with Gasteiger partial charge in [-0.3, -0.25) is 4.79 Å². The highest BCUT2D eigenvalue weighted by Gasteiger charge is 2.29. The summed E-state index contributed by atoms with van der Waals surface area (Å²) in [4.78, 5) is 12.0. The molecule has 2 atom stereocenters. The van der Waals surface area contributed by atoms with Crippen molar-refractivity contribution >= 4 is 17.5 Å². The number of benzene rings is 1. The van der Waals surface area contributed by atoms with Gasteiger partial charge >= 0.3 is 12.3 Å². The summed E-state index contributed by atoms with van der Waals surface area (Å²) in [5.41, 5.74) is 0. The SMILES string of the molecule is O=C(COc1ccc(Cl)c(F)c1F)N[C@H]1CC[C@H](c2nnc(OCCC(F)(F)F)o2)NC1. The minimum absolute atomic E-state index is 0.153. The Morgan fingerprint density at radius 3 is 2.69 bits per heavy atom. The van der Waals surface area contributed by atoms with E-state index >= 15 is 0 Å². The van der Waals surface area contributed by atoms with E-state index < -0.39 is 54.1 Å². The standard InChI is InChI=1S/C18H18ClF5N4O4/c19-10-2-4-12(15(21)14(10)20)31-8-13(29)26-9-1-3-11(25-7-9)16-27-28-17(32-16)30-6-5-18(22,23)24/h2,4,9,11,25H,1,3,5-8H2,(H,26,29)/t9-,11+/m0/s1. The van der Waals surface area contributed by atoms with Crippen molar-refractivity contribution in [2.24, 2.45) is 0 Å². The second-order valence-corrected chi connectivity index (χ2v) is 7.29. The van der Waals surface area contributed by atoms with Crippen molar-refractivity contribution in [3.63, 3.8) is 0 Å². The van der Waals surface area contributed by atoms with Crippen molar-refractivity contribution in [1.29, 1.82) is 0 Å². The zero-order chi connectivity index (χ0) is 23.3. The fourth-order valence-electron chi connectivity index (χ4n) is 2.90. The van der Waals surface area contributed by atoms with Gasteiger partial charge in [-0.05, 0) is 25.0 Å². The second-order valence-electron chi connectivity index (χ2n) is 6.88. The minimum atomic E-state index is -4.35. The molecule has 1 aliphatic heterocycles. The molecule has 1 aliphatic rings. The Kier molecular flexibility index (Phi) is 7.72. The van der Waals surface area contributed by atoms with Crippen LogP contribution in [0.3, 0.4) is 0 Å². The number of hydrogen-bond acceptors (Lipinski definition) is 7. The van der Waals surface area contributed by atoms with Gasteiger partial charge in [0, 0.05) is 12.6 Å². The number of aromatic nitrogens is 2. The molecule has 1 aromatic carbocycles. The molecule has 2 N–H and O–H groups in total. The van der Waals surface area contributed by atoms with Crippen LogP contribution in [0.25, 0.3) is 0 Å². The highest BCUT2D eigenvalue weighted by atomic mass is 35.5. The Bertz CT molecular complexity index is 935. The van der Waals surface area contributed by atoms with Crippen LogP contribution < -0.4 is 20.1 Å². The molecule has 1 fully saturated rings. The highest BCUT2D eigenvalue weighted by Crippen LogP contribution is 2.26. The Morgan fingerprint density at radius 2 is 2.00 bits per heavy atom. The largest absolute Gasteiger partial charge is 0.481 e. The number of piperidine rings is 1. The van der Waals surface area contributed by atoms with Gasteiger partial charge in [0.05, 0.1) is 17.5 Å². The van der Waals surface area contributed by atoms with Crippen LogP contribution in [0.15, 0.2) is 16.5 Å². The molecule has 0 bridgehead atoms. The first-order chi connectivity index (χ1) is 15.1. The predicted octanol–water partition coefficient (Wildman–Crippen LogP) is 3.32. The average Bonchev–Trinajstić information content (AvgIpc) is 3.20. The molecule has 0 saturated carbocycles. The quantitative estimate of drug-likeness (QED) is 0.438. The van der Waals surface area contributed by atoms with Gasteiger partial charge in [-0.25, -0.2) is 4.39 Å². The van der Waals surface area contributed by atoms with E-state index in [4.69, 9.17) is 25.5 Å². The van der Waals surface area contributed by atoms with Crippen molar-refractivity contribution in [2.75, 3.05) is 19.8 Å². The van der Waals surface area contributed by atoms with Crippen LogP contribution in [0.5, 0.6) is 11.8 Å². The van der Waals surface area contributed by atoms with Crippen molar-refractivity contribution in [2.45, 2.75) is 37.5 Å². The van der Waals surface area contributed by atoms with E-state index in [1.165, 1.54) is 0 Å². The van der Waals surface area contributed by atoms with E-state index in [0.29, 0.717) is 19.4 Å². The molecule has 1 aromatic heterocycles. The van der Waals surface area contributed by atoms with Crippen LogP contribution in [0.4, 0.5) is 22.0 Å². The lowest BCUT2D eigenvalue weighted by Crippen LogP contribution is -2.48. The third-order valence-electron chi connectivity index (χ3n) is 4.47. The first-order valence-corrected chi connectivity index (χ1v) is 9.82. The van der Waals surface area contributed by atoms with Crippen LogP contribution in [0.2, 0.25) is 5.02 Å². The zero-order valence-electron chi connectivity index (χ0n) is 16.3. The molecular formula is C18H18ClF5N4O4. The number of carbonyl (C=O) groups is 1. The molecule has 14 heteroatoms. The summed E-state index contributed by atoms with van der Waals surface area (Å²) < 4.78 is 78.5. The zero-order valence-corrected chi connectivity index (χ0v) is 17.1. The van der Waals surface area contributed by atoms with Gasteiger partial charge in [-0.1, -0.05) is 16.7 Å². The Balaban J connectivity index is 1.40. The van der Waals surface area contributed by atoms with E-state index in [2.05, 4.69) is 20.8 Å². The van der Waals surface area contributed by atoms with Crippen LogP contribution in [0, 0.1) is 11.6 Å². The molecule has 32 heavy (non-hydrogen) atoms. The summed E-state index contributed by atoms with van der Waals surface area (Å²) in [5, 5.41) is 12.7. The lowest BCUT2D eigenvalue weighted by Gasteiger charge is -2.28. The van der Waals surface area contributed by atoms with Crippen molar-refractivity contribution < 1.29 is 40.6 Å². The number of alkyl halides is 3. The predicted molar refractivity (Wildman–Crippen MR) is 99.2 cm³/mol. The highest BCUT2D eigenvalue weighted by molar-refractivity contribution is 6.30. The summed E-state index contributed by atoms with van der Waals surface area (Å²) in [7, 11) is 0. The maximum Gasteiger partial charge on any atom is 0.414 e. The number of hydrogen-bond donors (Lipinski definition) is 2. The van der Waals surface area contributed by atoms with Gasteiger partial charge in [0.1, 0.15) is 6.61 Å². The maximum atomic E-state index is 13.7. The van der Waals surface area contributed by atoms with Gasteiger partial charge in [-0.2, -0.15) is 17.6 Å². The molecule has 1 saturated heterocycles. The molecule has 3 rings (SSSR count). The molecule has 176 valence electrons. The summed E-state index contributed by atoms with van der Waals surface area (Å²) in [6.07, 6.45) is -4.86. The van der Waals surface area contributed by atoms with E-state index in [1.54, 1.807) is 0 Å². The van der Waals surface area contributed by atoms with Crippen LogP contribution >= 0.6 is 11.6 Å². The summed E-state index contributed by atoms with van der Waals surface area (Å²) in [6, 6.07) is 1.59. The second kappa shape index (κ2) is 10.3. The fourth-order valence-corrected chi connectivity index (χ4v) is 3.04. The Hall–Kier alpha value is -2.67. The van der Waals surface area contributed by atoms with Gasteiger partial charge in [-0.15, -0.1) is 5.10 Å². The number of nitrogens with zero attached hydrogens (tertiary/aromatic N) is 2. The molecule has 2 aromatic rings. The molecule has 0 unspecified atom stereocenters. The van der Waals surface area contributed by atoms with Crippen molar-refractivity contribution in [3.05, 3.63) is 34.7 Å². The van der Waals surface area contributed by atoms with E-state index in [-0.39, 0.29) is 24.1 Å². The van der Waals surface area contributed by atoms with Gasteiger partial charge < -0.3 is 24.5 Å². The number of halogens is 6. The molecule has 1 amide bonds. The topological polar surface area (TPSA) is 98.5 Å². The van der Waals surface area contributed by atoms with Crippen LogP contribution in [0.1, 0.15) is 31.2 Å². The lowest BCUT2D eigenvalue weighted by molar-refractivity contribution is -0.140. The number of ether oxygens (including phenoxy) is 2. The summed E-state index contributed by atoms with van der Waals surface area (Å²) in [6.45, 7) is -0.834. The third-order valence-corrected chi connectivity index (χ3v) is 4.76. The van der Waals surface area contributed by atoms with E-state index in [0.717, 1.165) is 12.1 Å². The molecule has 2 heterocycles. The number of carbonyl (C=O) groups excluding carboxylic acids is 1. The monoisotopic (exact) mass is 484 g/mol. The Labute approximate surface area is 183 Å². The van der Waals surface area contributed by atoms with Gasteiger partial charge in [0.2, 0.25) is 11.7 Å². The van der Waals surface area contributed by atoms with Gasteiger partial charge in [0.25, 0.3) is 5.91 Å². The first-order valence-electron chi connectivity index (χ1n) is 9.44. The van der Waals surface area contributed by atoms with Crippen molar-refractivity contribution in [3.8, 4) is 11.8 Å². The van der Waals surface area contributed by atoms with Gasteiger partial charge in [0.15, 0.2) is 18.2 Å². The fraction of sp³-hybridized carbons (Fsp3) is 0.500. The summed E-state index contributed by atoms with van der Waals surface area (Å²) in [5.74, 6) is -3.37. The van der Waals surface area contributed by atoms with Crippen LogP contribution in [-0.4, -0.2) is 48.1 Å². The molecule has 8 nitrogen and oxygen atoms in total. The smallest absolute Gasteiger partial charge is 0.414 e. The molecule has 0 radical (unpaired) electrons. The maximum absolute atomic E-state index is 13.7. The first kappa shape index (κ1) is 24.0.